The van der Waals surface area contributed by atoms with Crippen LogP contribution in [-0.4, -0.2) is 26.9 Å². The lowest BCUT2D eigenvalue weighted by Gasteiger charge is -2.13. The van der Waals surface area contributed by atoms with Crippen LogP contribution in [0, 0.1) is 20.2 Å². The summed E-state index contributed by atoms with van der Waals surface area (Å²) in [6.07, 6.45) is -4.16. The lowest BCUT2D eigenvalue weighted by molar-refractivity contribution is -0.392. The molecule has 0 aliphatic rings. The molecule has 0 bridgehead atoms. The fraction of sp³-hybridized carbons (Fsp3) is 0.167. The van der Waals surface area contributed by atoms with Crippen LogP contribution < -0.4 is 10.1 Å². The summed E-state index contributed by atoms with van der Waals surface area (Å²) in [7, 11) is 1.26. The molecule has 26 heavy (non-hydrogen) atoms. The maximum atomic E-state index is 13.0. The second-order valence-electron chi connectivity index (χ2n) is 4.56. The number of nitrogens with one attached hydrogen (secondary N) is 1. The Balaban J connectivity index is 2.75. The highest BCUT2D eigenvalue weighted by Gasteiger charge is 2.42. The summed E-state index contributed by atoms with van der Waals surface area (Å²) in [5.74, 6) is -0.190. The number of hydrogen-bond acceptors (Lipinski definition) is 8. The van der Waals surface area contributed by atoms with Gasteiger partial charge in [-0.25, -0.2) is 9.97 Å². The highest BCUT2D eigenvalue weighted by Crippen LogP contribution is 2.48. The van der Waals surface area contributed by atoms with Gasteiger partial charge in [-0.05, 0) is 0 Å². The Morgan fingerprint density at radius 3 is 2.35 bits per heavy atom. The summed E-state index contributed by atoms with van der Waals surface area (Å²) >= 11 is 5.51. The van der Waals surface area contributed by atoms with Crippen LogP contribution in [0.3, 0.4) is 0 Å². The zero-order valence-corrected chi connectivity index (χ0v) is 13.3. The van der Waals surface area contributed by atoms with Crippen LogP contribution in [0.15, 0.2) is 18.5 Å². The second-order valence-corrected chi connectivity index (χ2v) is 4.94. The lowest BCUT2D eigenvalue weighted by atomic mass is 10.1. The van der Waals surface area contributed by atoms with E-state index in [1.807, 2.05) is 0 Å². The first-order valence-corrected chi connectivity index (χ1v) is 6.79. The molecule has 0 saturated heterocycles. The van der Waals surface area contributed by atoms with Gasteiger partial charge in [-0.1, -0.05) is 11.6 Å². The molecule has 2 aromatic rings. The number of benzene rings is 1. The van der Waals surface area contributed by atoms with Crippen molar-refractivity contribution in [3.05, 3.63) is 49.3 Å². The van der Waals surface area contributed by atoms with E-state index in [0.717, 1.165) is 12.4 Å². The Labute approximate surface area is 146 Å². The minimum absolute atomic E-state index is 0.00538. The molecule has 10 nitrogen and oxygen atoms in total. The van der Waals surface area contributed by atoms with Crippen molar-refractivity contribution in [3.63, 3.8) is 0 Å². The molecule has 0 fully saturated rings. The predicted octanol–water partition coefficient (Wildman–Crippen LogP) is 3.72. The number of nitrogens with zero attached hydrogens (tertiary/aromatic N) is 4. The number of nitro benzene ring substituents is 2. The molecule has 14 heteroatoms. The number of ether oxygens (including phenoxy) is 1. The molecule has 0 radical (unpaired) electrons. The van der Waals surface area contributed by atoms with E-state index in [2.05, 4.69) is 15.3 Å². The van der Waals surface area contributed by atoms with Gasteiger partial charge in [-0.2, -0.15) is 13.2 Å². The van der Waals surface area contributed by atoms with E-state index in [1.54, 1.807) is 0 Å². The van der Waals surface area contributed by atoms with Crippen molar-refractivity contribution in [2.45, 2.75) is 6.18 Å². The standard InChI is InChI=1S/C12H7ClF3N5O5/c1-26-8-3-7(17-4-18-8)19-10-6(20(22)23)2-5(12(14,15)16)9(13)11(10)21(24)25/h2-4H,1H3,(H,17,18,19). The van der Waals surface area contributed by atoms with Gasteiger partial charge in [0.1, 0.15) is 17.2 Å². The summed E-state index contributed by atoms with van der Waals surface area (Å²) in [4.78, 5) is 27.3. The first kappa shape index (κ1) is 19.1. The Morgan fingerprint density at radius 2 is 1.85 bits per heavy atom. The monoisotopic (exact) mass is 393 g/mol. The molecular weight excluding hydrogens is 387 g/mol. The van der Waals surface area contributed by atoms with Crippen LogP contribution in [0.1, 0.15) is 5.56 Å². The van der Waals surface area contributed by atoms with E-state index in [9.17, 15) is 33.4 Å². The molecule has 1 N–H and O–H groups in total. The topological polar surface area (TPSA) is 133 Å². The van der Waals surface area contributed by atoms with Gasteiger partial charge in [-0.15, -0.1) is 0 Å². The second kappa shape index (κ2) is 6.95. The Hall–Kier alpha value is -3.22. The average molecular weight is 394 g/mol. The van der Waals surface area contributed by atoms with Gasteiger partial charge >= 0.3 is 17.6 Å². The third kappa shape index (κ3) is 3.72. The molecule has 0 unspecified atom stereocenters. The van der Waals surface area contributed by atoms with Gasteiger partial charge < -0.3 is 10.1 Å². The molecule has 1 heterocycles. The predicted molar refractivity (Wildman–Crippen MR) is 81.6 cm³/mol. The van der Waals surface area contributed by atoms with Crippen LogP contribution in [0.25, 0.3) is 0 Å². The van der Waals surface area contributed by atoms with Gasteiger partial charge in [0.05, 0.1) is 22.5 Å². The van der Waals surface area contributed by atoms with Gasteiger partial charge in [-0.3, -0.25) is 20.2 Å². The van der Waals surface area contributed by atoms with E-state index in [0.29, 0.717) is 0 Å². The van der Waals surface area contributed by atoms with Crippen LogP contribution in [-0.2, 0) is 6.18 Å². The first-order valence-electron chi connectivity index (χ1n) is 6.41. The normalized spacial score (nSPS) is 11.1. The van der Waals surface area contributed by atoms with E-state index in [4.69, 9.17) is 16.3 Å². The van der Waals surface area contributed by atoms with Gasteiger partial charge in [0.25, 0.3) is 0 Å². The quantitative estimate of drug-likeness (QED) is 0.600. The Bertz CT molecular complexity index is 892. The SMILES string of the molecule is COc1cc(Nc2c([N+](=O)[O-])cc(C(F)(F)F)c(Cl)c2[N+](=O)[O-])ncn1. The fourth-order valence-electron chi connectivity index (χ4n) is 1.92. The van der Waals surface area contributed by atoms with E-state index in [-0.39, 0.29) is 17.8 Å². The number of anilines is 2. The summed E-state index contributed by atoms with van der Waals surface area (Å²) in [6, 6.07) is 1.23. The molecule has 1 aromatic carbocycles. The molecule has 0 aliphatic carbocycles. The van der Waals surface area contributed by atoms with Crippen LogP contribution in [0.4, 0.5) is 36.1 Å². The van der Waals surface area contributed by atoms with Crippen molar-refractivity contribution >= 4 is 34.5 Å². The summed E-state index contributed by atoms with van der Waals surface area (Å²) in [5.41, 5.74) is -5.08. The number of methoxy groups -OCH3 is 1. The zero-order chi connectivity index (χ0) is 19.6. The maximum Gasteiger partial charge on any atom is 0.418 e. The summed E-state index contributed by atoms with van der Waals surface area (Å²) in [5, 5.41) is 23.4. The van der Waals surface area contributed by atoms with Crippen molar-refractivity contribution in [1.29, 1.82) is 0 Å². The molecule has 0 spiro atoms. The lowest BCUT2D eigenvalue weighted by Crippen LogP contribution is -2.11. The number of aromatic nitrogens is 2. The minimum Gasteiger partial charge on any atom is -0.481 e. The summed E-state index contributed by atoms with van der Waals surface area (Å²) in [6.45, 7) is 0. The van der Waals surface area contributed by atoms with Crippen LogP contribution >= 0.6 is 11.6 Å². The van der Waals surface area contributed by atoms with Crippen molar-refractivity contribution < 1.29 is 27.8 Å². The molecule has 0 saturated carbocycles. The molecule has 1 aromatic heterocycles. The first-order chi connectivity index (χ1) is 12.1. The third-order valence-corrected chi connectivity index (χ3v) is 3.39. The smallest absolute Gasteiger partial charge is 0.418 e. The highest BCUT2D eigenvalue weighted by atomic mass is 35.5. The molecule has 0 atom stereocenters. The van der Waals surface area contributed by atoms with Gasteiger partial charge in [0, 0.05) is 12.1 Å². The van der Waals surface area contributed by atoms with E-state index < -0.39 is 43.7 Å². The van der Waals surface area contributed by atoms with Crippen molar-refractivity contribution in [2.24, 2.45) is 0 Å². The number of alkyl halides is 3. The Morgan fingerprint density at radius 1 is 1.19 bits per heavy atom. The number of rotatable bonds is 5. The summed E-state index contributed by atoms with van der Waals surface area (Å²) < 4.78 is 43.8. The van der Waals surface area contributed by atoms with Crippen LogP contribution in [0.2, 0.25) is 5.02 Å². The van der Waals surface area contributed by atoms with Crippen molar-refractivity contribution in [1.82, 2.24) is 9.97 Å². The molecule has 138 valence electrons. The van der Waals surface area contributed by atoms with Crippen molar-refractivity contribution in [2.75, 3.05) is 12.4 Å². The van der Waals surface area contributed by atoms with E-state index >= 15 is 0 Å². The van der Waals surface area contributed by atoms with E-state index in [1.165, 1.54) is 7.11 Å². The maximum absolute atomic E-state index is 13.0. The number of halogens is 4. The number of hydrogen-bond donors (Lipinski definition) is 1. The van der Waals surface area contributed by atoms with Gasteiger partial charge in [0.15, 0.2) is 5.69 Å². The Kier molecular flexibility index (Phi) is 5.11. The molecular formula is C12H7ClF3N5O5. The average Bonchev–Trinajstić information content (AvgIpc) is 2.53. The molecule has 0 amide bonds. The number of nitro groups is 2. The molecule has 0 aliphatic heterocycles. The minimum atomic E-state index is -5.14. The van der Waals surface area contributed by atoms with Gasteiger partial charge in [0.2, 0.25) is 5.88 Å². The largest absolute Gasteiger partial charge is 0.481 e. The fourth-order valence-corrected chi connectivity index (χ4v) is 2.25. The van der Waals surface area contributed by atoms with Crippen molar-refractivity contribution in [3.8, 4) is 5.88 Å². The van der Waals surface area contributed by atoms with Crippen LogP contribution in [0.5, 0.6) is 5.88 Å². The zero-order valence-electron chi connectivity index (χ0n) is 12.6. The molecule has 2 rings (SSSR count). The third-order valence-electron chi connectivity index (χ3n) is 3.01. The highest BCUT2D eigenvalue weighted by molar-refractivity contribution is 6.34.